The van der Waals surface area contributed by atoms with Crippen LogP contribution in [0.1, 0.15) is 5.56 Å². The average molecular weight is 289 g/mol. The number of phenols is 1. The van der Waals surface area contributed by atoms with Crippen molar-refractivity contribution in [3.8, 4) is 17.1 Å². The number of fused-ring (bicyclic) bond motifs is 1. The summed E-state index contributed by atoms with van der Waals surface area (Å²) in [5.74, 6) is -0.0476. The summed E-state index contributed by atoms with van der Waals surface area (Å²) >= 11 is 6.09. The molecule has 3 rings (SSSR count). The molecule has 0 fully saturated rings. The third-order valence-corrected chi connectivity index (χ3v) is 3.35. The zero-order valence-electron chi connectivity index (χ0n) is 10.6. The maximum atomic E-state index is 14.1. The van der Waals surface area contributed by atoms with Gasteiger partial charge >= 0.3 is 0 Å². The lowest BCUT2D eigenvalue weighted by Gasteiger charge is -2.07. The van der Waals surface area contributed by atoms with Crippen LogP contribution >= 0.6 is 11.6 Å². The number of benzene rings is 2. The molecule has 0 spiro atoms. The third-order valence-electron chi connectivity index (χ3n) is 3.07. The first kappa shape index (κ1) is 12.8. The van der Waals surface area contributed by atoms with Gasteiger partial charge < -0.3 is 5.11 Å². The highest BCUT2D eigenvalue weighted by atomic mass is 35.5. The molecule has 0 saturated heterocycles. The van der Waals surface area contributed by atoms with Gasteiger partial charge in [0, 0.05) is 5.39 Å². The molecule has 0 saturated carbocycles. The highest BCUT2D eigenvalue weighted by Crippen LogP contribution is 2.29. The van der Waals surface area contributed by atoms with E-state index in [2.05, 4.69) is 9.97 Å². The zero-order valence-corrected chi connectivity index (χ0v) is 11.3. The lowest BCUT2D eigenvalue weighted by atomic mass is 10.1. The first-order valence-corrected chi connectivity index (χ1v) is 6.36. The largest absolute Gasteiger partial charge is 0.508 e. The van der Waals surface area contributed by atoms with E-state index in [1.54, 1.807) is 31.2 Å². The first-order valence-electron chi connectivity index (χ1n) is 5.98. The quantitative estimate of drug-likeness (QED) is 0.686. The Morgan fingerprint density at radius 3 is 2.75 bits per heavy atom. The molecule has 0 amide bonds. The summed E-state index contributed by atoms with van der Waals surface area (Å²) in [4.78, 5) is 8.42. The summed E-state index contributed by atoms with van der Waals surface area (Å²) in [5.41, 5.74) is 1.38. The van der Waals surface area contributed by atoms with Crippen LogP contribution in [0.5, 0.6) is 5.75 Å². The summed E-state index contributed by atoms with van der Waals surface area (Å²) in [6.45, 7) is 1.68. The van der Waals surface area contributed by atoms with Crippen molar-refractivity contribution in [1.29, 1.82) is 0 Å². The Balaban J connectivity index is 2.28. The van der Waals surface area contributed by atoms with Crippen LogP contribution in [-0.2, 0) is 0 Å². The second kappa shape index (κ2) is 4.72. The van der Waals surface area contributed by atoms with Gasteiger partial charge in [0.2, 0.25) is 0 Å². The van der Waals surface area contributed by atoms with E-state index in [-0.39, 0.29) is 22.5 Å². The van der Waals surface area contributed by atoms with E-state index in [4.69, 9.17) is 11.6 Å². The molecule has 1 heterocycles. The summed E-state index contributed by atoms with van der Waals surface area (Å²) in [7, 11) is 0. The highest BCUT2D eigenvalue weighted by molar-refractivity contribution is 6.34. The van der Waals surface area contributed by atoms with E-state index in [0.29, 0.717) is 22.0 Å². The van der Waals surface area contributed by atoms with Gasteiger partial charge in [0.05, 0.1) is 11.1 Å². The number of phenolic OH excluding ortho intramolecular Hbond substituents is 1. The molecule has 5 heteroatoms. The second-order valence-electron chi connectivity index (χ2n) is 4.48. The van der Waals surface area contributed by atoms with Gasteiger partial charge in [-0.3, -0.25) is 0 Å². The molecule has 1 N–H and O–H groups in total. The van der Waals surface area contributed by atoms with Crippen LogP contribution < -0.4 is 0 Å². The van der Waals surface area contributed by atoms with Crippen LogP contribution in [0.3, 0.4) is 0 Å². The van der Waals surface area contributed by atoms with Crippen LogP contribution in [0.25, 0.3) is 22.3 Å². The maximum absolute atomic E-state index is 14.1. The van der Waals surface area contributed by atoms with E-state index >= 15 is 0 Å². The standard InChI is InChI=1S/C15H10ClFN2O/c1-8-3-2-4-10(13(8)17)15-18-12-6-5-9(20)7-11(12)14(16)19-15/h2-7,20H,1H3. The topological polar surface area (TPSA) is 46.0 Å². The van der Waals surface area contributed by atoms with Gasteiger partial charge in [0.1, 0.15) is 16.7 Å². The minimum Gasteiger partial charge on any atom is -0.508 e. The normalized spacial score (nSPS) is 10.9. The molecule has 0 aliphatic rings. The van der Waals surface area contributed by atoms with E-state index < -0.39 is 0 Å². The fourth-order valence-electron chi connectivity index (χ4n) is 2.02. The fourth-order valence-corrected chi connectivity index (χ4v) is 2.25. The molecule has 3 nitrogen and oxygen atoms in total. The highest BCUT2D eigenvalue weighted by Gasteiger charge is 2.13. The number of aromatic hydroxyl groups is 1. The van der Waals surface area contributed by atoms with Crippen molar-refractivity contribution in [3.63, 3.8) is 0 Å². The Hall–Kier alpha value is -2.20. The molecule has 100 valence electrons. The molecular weight excluding hydrogens is 279 g/mol. The predicted octanol–water partition coefficient (Wildman–Crippen LogP) is 4.10. The molecule has 0 bridgehead atoms. The summed E-state index contributed by atoms with van der Waals surface area (Å²) in [5, 5.41) is 10.2. The van der Waals surface area contributed by atoms with Gasteiger partial charge in [0.15, 0.2) is 5.82 Å². The van der Waals surface area contributed by atoms with Crippen LogP contribution in [0.4, 0.5) is 4.39 Å². The molecule has 0 radical (unpaired) electrons. The van der Waals surface area contributed by atoms with Crippen LogP contribution in [0.15, 0.2) is 36.4 Å². The Kier molecular flexibility index (Phi) is 3.03. The van der Waals surface area contributed by atoms with Crippen LogP contribution in [-0.4, -0.2) is 15.1 Å². The van der Waals surface area contributed by atoms with Gasteiger partial charge in [-0.25, -0.2) is 14.4 Å². The van der Waals surface area contributed by atoms with E-state index in [0.717, 1.165) is 0 Å². The van der Waals surface area contributed by atoms with Crippen molar-refractivity contribution in [3.05, 3.63) is 52.9 Å². The van der Waals surface area contributed by atoms with Gasteiger partial charge in [-0.15, -0.1) is 0 Å². The molecule has 3 aromatic rings. The minimum atomic E-state index is -0.360. The number of aromatic nitrogens is 2. The molecule has 0 unspecified atom stereocenters. The smallest absolute Gasteiger partial charge is 0.164 e. The lowest BCUT2D eigenvalue weighted by molar-refractivity contribution is 0.476. The third kappa shape index (κ3) is 2.08. The molecular formula is C15H10ClFN2O. The van der Waals surface area contributed by atoms with Crippen molar-refractivity contribution < 1.29 is 9.50 Å². The van der Waals surface area contributed by atoms with Crippen molar-refractivity contribution in [2.24, 2.45) is 0 Å². The second-order valence-corrected chi connectivity index (χ2v) is 4.83. The Labute approximate surface area is 119 Å². The molecule has 0 aliphatic heterocycles. The van der Waals surface area contributed by atoms with E-state index in [1.807, 2.05) is 0 Å². The summed E-state index contributed by atoms with van der Waals surface area (Å²) in [6.07, 6.45) is 0. The van der Waals surface area contributed by atoms with Crippen molar-refractivity contribution >= 4 is 22.5 Å². The first-order chi connectivity index (χ1) is 9.56. The van der Waals surface area contributed by atoms with Crippen LogP contribution in [0.2, 0.25) is 5.15 Å². The predicted molar refractivity (Wildman–Crippen MR) is 76.3 cm³/mol. The van der Waals surface area contributed by atoms with Crippen molar-refractivity contribution in [1.82, 2.24) is 9.97 Å². The average Bonchev–Trinajstić information content (AvgIpc) is 2.42. The van der Waals surface area contributed by atoms with Crippen LogP contribution in [0, 0.1) is 12.7 Å². The van der Waals surface area contributed by atoms with E-state index in [1.165, 1.54) is 12.1 Å². The number of nitrogens with zero attached hydrogens (tertiary/aromatic N) is 2. The zero-order chi connectivity index (χ0) is 14.3. The Morgan fingerprint density at radius 2 is 1.95 bits per heavy atom. The monoisotopic (exact) mass is 288 g/mol. The van der Waals surface area contributed by atoms with Gasteiger partial charge in [0.25, 0.3) is 0 Å². The minimum absolute atomic E-state index is 0.0810. The number of aryl methyl sites for hydroxylation is 1. The number of hydrogen-bond acceptors (Lipinski definition) is 3. The molecule has 1 aromatic heterocycles. The summed E-state index contributed by atoms with van der Waals surface area (Å²) in [6, 6.07) is 9.64. The van der Waals surface area contributed by atoms with Crippen molar-refractivity contribution in [2.75, 3.05) is 0 Å². The lowest BCUT2D eigenvalue weighted by Crippen LogP contribution is -1.95. The van der Waals surface area contributed by atoms with Gasteiger partial charge in [-0.05, 0) is 36.8 Å². The molecule has 0 atom stereocenters. The maximum Gasteiger partial charge on any atom is 0.164 e. The number of halogens is 2. The SMILES string of the molecule is Cc1cccc(-c2nc(Cl)c3cc(O)ccc3n2)c1F. The van der Waals surface area contributed by atoms with Crippen molar-refractivity contribution in [2.45, 2.75) is 6.92 Å². The van der Waals surface area contributed by atoms with E-state index in [9.17, 15) is 9.50 Å². The molecule has 2 aromatic carbocycles. The Bertz CT molecular complexity index is 820. The fraction of sp³-hybridized carbons (Fsp3) is 0.0667. The number of rotatable bonds is 1. The van der Waals surface area contributed by atoms with Gasteiger partial charge in [-0.1, -0.05) is 23.7 Å². The number of hydrogen-bond donors (Lipinski definition) is 1. The summed E-state index contributed by atoms with van der Waals surface area (Å²) < 4.78 is 14.1. The Morgan fingerprint density at radius 1 is 1.15 bits per heavy atom. The molecule has 0 aliphatic carbocycles. The molecule has 20 heavy (non-hydrogen) atoms. The van der Waals surface area contributed by atoms with Gasteiger partial charge in [-0.2, -0.15) is 0 Å².